The van der Waals surface area contributed by atoms with Crippen molar-refractivity contribution in [3.05, 3.63) is 41.9 Å². The predicted octanol–water partition coefficient (Wildman–Crippen LogP) is 2.79. The molecule has 7 heteroatoms. The van der Waals surface area contributed by atoms with Gasteiger partial charge in [-0.15, -0.1) is 0 Å². The molecule has 0 bridgehead atoms. The zero-order valence-electron chi connectivity index (χ0n) is 15.0. The second kappa shape index (κ2) is 6.74. The van der Waals surface area contributed by atoms with Gasteiger partial charge >= 0.3 is 0 Å². The maximum atomic E-state index is 12.1. The molecule has 0 radical (unpaired) electrons. The molecule has 1 aliphatic carbocycles. The molecule has 1 saturated heterocycles. The van der Waals surface area contributed by atoms with Crippen molar-refractivity contribution in [2.24, 2.45) is 0 Å². The summed E-state index contributed by atoms with van der Waals surface area (Å²) in [6.07, 6.45) is 7.64. The van der Waals surface area contributed by atoms with Gasteiger partial charge in [0.15, 0.2) is 0 Å². The lowest BCUT2D eigenvalue weighted by Crippen LogP contribution is -2.26. The Labute approximate surface area is 156 Å². The van der Waals surface area contributed by atoms with E-state index < -0.39 is 0 Å². The van der Waals surface area contributed by atoms with Gasteiger partial charge in [0.2, 0.25) is 0 Å². The highest BCUT2D eigenvalue weighted by molar-refractivity contribution is 5.94. The zero-order valence-corrected chi connectivity index (χ0v) is 15.0. The quantitative estimate of drug-likeness (QED) is 0.774. The second-order valence-corrected chi connectivity index (χ2v) is 7.15. The van der Waals surface area contributed by atoms with E-state index in [1.54, 1.807) is 4.52 Å². The number of hydrogen-bond acceptors (Lipinski definition) is 5. The third-order valence-electron chi connectivity index (χ3n) is 5.21. The van der Waals surface area contributed by atoms with Gasteiger partial charge in [-0.2, -0.15) is 5.10 Å². The van der Waals surface area contributed by atoms with Crippen LogP contribution in [0.25, 0.3) is 17.0 Å². The molecule has 3 aromatic rings. The minimum absolute atomic E-state index is 0.0769. The Kier molecular flexibility index (Phi) is 4.09. The van der Waals surface area contributed by atoms with E-state index in [9.17, 15) is 4.79 Å². The van der Waals surface area contributed by atoms with Gasteiger partial charge in [0, 0.05) is 17.9 Å². The smallest absolute Gasteiger partial charge is 0.253 e. The molecule has 2 aliphatic rings. The van der Waals surface area contributed by atoms with Gasteiger partial charge in [-0.1, -0.05) is 12.1 Å². The summed E-state index contributed by atoms with van der Waals surface area (Å²) >= 11 is 0. The normalized spacial score (nSPS) is 19.2. The lowest BCUT2D eigenvalue weighted by Gasteiger charge is -2.12. The molecule has 7 nitrogen and oxygen atoms in total. The van der Waals surface area contributed by atoms with E-state index in [0.717, 1.165) is 54.0 Å². The van der Waals surface area contributed by atoms with Crippen molar-refractivity contribution < 1.29 is 9.53 Å². The van der Waals surface area contributed by atoms with Crippen LogP contribution in [0.1, 0.15) is 37.1 Å². The van der Waals surface area contributed by atoms with E-state index in [4.69, 9.17) is 4.74 Å². The lowest BCUT2D eigenvalue weighted by molar-refractivity contribution is -0.124. The highest BCUT2D eigenvalue weighted by Crippen LogP contribution is 2.23. The number of aromatic nitrogens is 4. The van der Waals surface area contributed by atoms with Gasteiger partial charge in [0.05, 0.1) is 23.3 Å². The van der Waals surface area contributed by atoms with Gasteiger partial charge in [0.1, 0.15) is 6.10 Å². The number of amides is 1. The van der Waals surface area contributed by atoms with Crippen LogP contribution < -0.4 is 5.32 Å². The summed E-state index contributed by atoms with van der Waals surface area (Å²) in [6, 6.07) is 7.68. The van der Waals surface area contributed by atoms with E-state index in [2.05, 4.69) is 20.4 Å². The van der Waals surface area contributed by atoms with E-state index in [1.807, 2.05) is 30.5 Å². The number of imidazole rings is 1. The number of carbonyl (C=O) groups excluding carboxylic acids is 1. The number of aryl methyl sites for hydroxylation is 2. The first-order valence-electron chi connectivity index (χ1n) is 9.54. The first kappa shape index (κ1) is 16.4. The fourth-order valence-corrected chi connectivity index (χ4v) is 3.73. The van der Waals surface area contributed by atoms with Crippen LogP contribution in [0, 0.1) is 0 Å². The van der Waals surface area contributed by atoms with Crippen LogP contribution in [0.5, 0.6) is 0 Å². The topological polar surface area (TPSA) is 81.4 Å². The van der Waals surface area contributed by atoms with Gasteiger partial charge in [-0.05, 0) is 50.7 Å². The van der Waals surface area contributed by atoms with Gasteiger partial charge in [-0.3, -0.25) is 4.79 Å². The number of hydrogen-bond donors (Lipinski definition) is 1. The number of ether oxygens (including phenoxy) is 1. The maximum absolute atomic E-state index is 12.1. The molecule has 1 N–H and O–H groups in total. The Morgan fingerprint density at radius 2 is 1.89 bits per heavy atom. The van der Waals surface area contributed by atoms with Crippen LogP contribution in [-0.4, -0.2) is 38.2 Å². The second-order valence-electron chi connectivity index (χ2n) is 7.15. The summed E-state index contributed by atoms with van der Waals surface area (Å²) < 4.78 is 7.19. The average molecular weight is 363 g/mol. The van der Waals surface area contributed by atoms with E-state index in [1.165, 1.54) is 12.8 Å². The summed E-state index contributed by atoms with van der Waals surface area (Å²) in [7, 11) is 0. The summed E-state index contributed by atoms with van der Waals surface area (Å²) in [5.41, 5.74) is 4.72. The predicted molar refractivity (Wildman–Crippen MR) is 100 cm³/mol. The molecule has 1 amide bonds. The summed E-state index contributed by atoms with van der Waals surface area (Å²) in [4.78, 5) is 21.5. The molecule has 0 unspecified atom stereocenters. The lowest BCUT2D eigenvalue weighted by atomic mass is 10.0. The fraction of sp³-hybridized carbons (Fsp3) is 0.400. The zero-order chi connectivity index (χ0) is 18.2. The molecule has 0 saturated carbocycles. The number of benzene rings is 1. The number of fused-ring (bicyclic) bond motifs is 2. The highest BCUT2D eigenvalue weighted by atomic mass is 16.5. The number of rotatable bonds is 3. The molecule has 2 aromatic heterocycles. The molecule has 3 heterocycles. The first-order valence-corrected chi connectivity index (χ1v) is 9.54. The largest absolute Gasteiger partial charge is 0.368 e. The Balaban J connectivity index is 1.37. The van der Waals surface area contributed by atoms with Gasteiger partial charge in [0.25, 0.3) is 11.7 Å². The van der Waals surface area contributed by atoms with Crippen molar-refractivity contribution in [3.8, 4) is 11.3 Å². The van der Waals surface area contributed by atoms with Crippen LogP contribution in [0.2, 0.25) is 0 Å². The van der Waals surface area contributed by atoms with Gasteiger partial charge in [-0.25, -0.2) is 14.5 Å². The van der Waals surface area contributed by atoms with E-state index in [-0.39, 0.29) is 12.0 Å². The average Bonchev–Trinajstić information content (AvgIpc) is 3.36. The summed E-state index contributed by atoms with van der Waals surface area (Å²) in [6.45, 7) is 0.663. The maximum Gasteiger partial charge on any atom is 0.253 e. The Morgan fingerprint density at radius 1 is 1.07 bits per heavy atom. The van der Waals surface area contributed by atoms with E-state index in [0.29, 0.717) is 12.4 Å². The SMILES string of the molecule is O=C(Nc1ccc(-c2cn3nc4c(nc3n2)CCCC4)cc1)[C@@H]1CCCO1. The molecule has 0 spiro atoms. The molecule has 5 rings (SSSR count). The minimum Gasteiger partial charge on any atom is -0.368 e. The van der Waals surface area contributed by atoms with Crippen LogP contribution in [0.3, 0.4) is 0 Å². The number of anilines is 1. The molecular weight excluding hydrogens is 342 g/mol. The Bertz CT molecular complexity index is 947. The third kappa shape index (κ3) is 3.19. The van der Waals surface area contributed by atoms with Crippen LogP contribution in [-0.2, 0) is 22.4 Å². The molecule has 27 heavy (non-hydrogen) atoms. The standard InChI is InChI=1S/C20H21N5O2/c26-19(18-6-3-11-27-18)21-14-9-7-13(8-10-14)17-12-25-20(23-17)22-15-4-1-2-5-16(15)24-25/h7-10,12,18H,1-6,11H2,(H,21,26)/t18-/m0/s1. The molecule has 1 aliphatic heterocycles. The van der Waals surface area contributed by atoms with Crippen molar-refractivity contribution >= 4 is 17.4 Å². The Morgan fingerprint density at radius 3 is 2.67 bits per heavy atom. The highest BCUT2D eigenvalue weighted by Gasteiger charge is 2.23. The summed E-state index contributed by atoms with van der Waals surface area (Å²) in [5, 5.41) is 7.60. The number of nitrogens with one attached hydrogen (secondary N) is 1. The van der Waals surface area contributed by atoms with Crippen molar-refractivity contribution in [3.63, 3.8) is 0 Å². The fourth-order valence-electron chi connectivity index (χ4n) is 3.73. The van der Waals surface area contributed by atoms with Gasteiger partial charge < -0.3 is 10.1 Å². The minimum atomic E-state index is -0.328. The number of nitrogens with zero attached hydrogens (tertiary/aromatic N) is 4. The van der Waals surface area contributed by atoms with Crippen molar-refractivity contribution in [1.29, 1.82) is 0 Å². The van der Waals surface area contributed by atoms with Crippen LogP contribution >= 0.6 is 0 Å². The molecular formula is C20H21N5O2. The van der Waals surface area contributed by atoms with Crippen LogP contribution in [0.4, 0.5) is 5.69 Å². The molecule has 1 fully saturated rings. The summed E-state index contributed by atoms with van der Waals surface area (Å²) in [5.74, 6) is 0.563. The Hall–Kier alpha value is -2.80. The molecule has 1 aromatic carbocycles. The monoisotopic (exact) mass is 363 g/mol. The van der Waals surface area contributed by atoms with Crippen molar-refractivity contribution in [2.75, 3.05) is 11.9 Å². The van der Waals surface area contributed by atoms with Crippen LogP contribution in [0.15, 0.2) is 30.5 Å². The third-order valence-corrected chi connectivity index (χ3v) is 5.21. The molecule has 138 valence electrons. The molecule has 1 atom stereocenters. The van der Waals surface area contributed by atoms with E-state index >= 15 is 0 Å². The first-order chi connectivity index (χ1) is 13.3. The van der Waals surface area contributed by atoms with Crippen molar-refractivity contribution in [2.45, 2.75) is 44.6 Å². The van der Waals surface area contributed by atoms with Crippen molar-refractivity contribution in [1.82, 2.24) is 19.6 Å². The number of carbonyl (C=O) groups is 1.